The van der Waals surface area contributed by atoms with Gasteiger partial charge in [-0.3, -0.25) is 4.79 Å². The maximum Gasteiger partial charge on any atom is 0.220 e. The van der Waals surface area contributed by atoms with Gasteiger partial charge in [-0.25, -0.2) is 0 Å². The summed E-state index contributed by atoms with van der Waals surface area (Å²) >= 11 is 0. The molecule has 0 fully saturated rings. The molecule has 18 heavy (non-hydrogen) atoms. The van der Waals surface area contributed by atoms with E-state index in [0.717, 1.165) is 12.8 Å². The Kier molecular flexibility index (Phi) is 5.35. The third-order valence-electron chi connectivity index (χ3n) is 3.13. The Morgan fingerprint density at radius 2 is 2.00 bits per heavy atom. The van der Waals surface area contributed by atoms with Crippen molar-refractivity contribution >= 4 is 5.91 Å². The normalized spacial score (nSPS) is 11.3. The Labute approximate surface area is 110 Å². The second kappa shape index (κ2) is 6.55. The molecule has 3 heteroatoms. The van der Waals surface area contributed by atoms with Crippen LogP contribution in [-0.2, 0) is 11.2 Å². The van der Waals surface area contributed by atoms with Crippen molar-refractivity contribution < 1.29 is 4.79 Å². The van der Waals surface area contributed by atoms with Crippen molar-refractivity contribution in [1.82, 2.24) is 5.32 Å². The van der Waals surface area contributed by atoms with E-state index in [1.54, 1.807) is 0 Å². The molecule has 0 saturated carbocycles. The van der Waals surface area contributed by atoms with Crippen molar-refractivity contribution in [3.8, 4) is 0 Å². The Bertz CT molecular complexity index is 399. The Balaban J connectivity index is 2.45. The Hall–Kier alpha value is -1.35. The van der Waals surface area contributed by atoms with Gasteiger partial charge in [-0.05, 0) is 51.3 Å². The lowest BCUT2D eigenvalue weighted by molar-refractivity contribution is -0.122. The molecule has 1 rings (SSSR count). The minimum absolute atomic E-state index is 0.0942. The first kappa shape index (κ1) is 14.7. The van der Waals surface area contributed by atoms with Crippen LogP contribution in [0.1, 0.15) is 37.8 Å². The number of hydrogen-bond acceptors (Lipinski definition) is 2. The SMILES string of the molecule is Cc1ccccc1CCC(=O)NC(C)(C)CCN. The summed E-state index contributed by atoms with van der Waals surface area (Å²) in [4.78, 5) is 11.9. The molecule has 0 unspecified atom stereocenters. The van der Waals surface area contributed by atoms with Gasteiger partial charge in [-0.15, -0.1) is 0 Å². The van der Waals surface area contributed by atoms with E-state index in [-0.39, 0.29) is 11.4 Å². The summed E-state index contributed by atoms with van der Waals surface area (Å²) in [6.07, 6.45) is 2.11. The van der Waals surface area contributed by atoms with Gasteiger partial charge in [-0.2, -0.15) is 0 Å². The molecule has 0 atom stereocenters. The summed E-state index contributed by atoms with van der Waals surface area (Å²) in [6.45, 7) is 6.67. The van der Waals surface area contributed by atoms with E-state index in [1.807, 2.05) is 26.0 Å². The molecule has 0 aliphatic heterocycles. The smallest absolute Gasteiger partial charge is 0.220 e. The molecule has 0 bridgehead atoms. The van der Waals surface area contributed by atoms with Crippen LogP contribution >= 0.6 is 0 Å². The molecule has 0 aromatic heterocycles. The van der Waals surface area contributed by atoms with E-state index in [2.05, 4.69) is 24.4 Å². The van der Waals surface area contributed by atoms with Crippen molar-refractivity contribution in [2.24, 2.45) is 5.73 Å². The van der Waals surface area contributed by atoms with Gasteiger partial charge in [0.05, 0.1) is 0 Å². The van der Waals surface area contributed by atoms with Gasteiger partial charge in [0.15, 0.2) is 0 Å². The second-order valence-corrected chi connectivity index (χ2v) is 5.40. The average Bonchev–Trinajstić information content (AvgIpc) is 2.27. The number of nitrogens with two attached hydrogens (primary N) is 1. The predicted molar refractivity (Wildman–Crippen MR) is 75.4 cm³/mol. The molecule has 100 valence electrons. The van der Waals surface area contributed by atoms with Crippen molar-refractivity contribution in [2.75, 3.05) is 6.54 Å². The van der Waals surface area contributed by atoms with Crippen LogP contribution in [0.4, 0.5) is 0 Å². The van der Waals surface area contributed by atoms with Gasteiger partial charge in [0.2, 0.25) is 5.91 Å². The first-order valence-electron chi connectivity index (χ1n) is 6.50. The largest absolute Gasteiger partial charge is 0.351 e. The van der Waals surface area contributed by atoms with E-state index in [0.29, 0.717) is 13.0 Å². The molecule has 0 heterocycles. The predicted octanol–water partition coefficient (Wildman–Crippen LogP) is 2.17. The van der Waals surface area contributed by atoms with Crippen molar-refractivity contribution in [2.45, 2.75) is 45.6 Å². The highest BCUT2D eigenvalue weighted by Gasteiger charge is 2.18. The monoisotopic (exact) mass is 248 g/mol. The molecule has 0 spiro atoms. The van der Waals surface area contributed by atoms with Gasteiger partial charge in [-0.1, -0.05) is 24.3 Å². The fourth-order valence-electron chi connectivity index (χ4n) is 2.00. The Morgan fingerprint density at radius 1 is 1.33 bits per heavy atom. The average molecular weight is 248 g/mol. The molecule has 0 saturated heterocycles. The van der Waals surface area contributed by atoms with Gasteiger partial charge in [0.1, 0.15) is 0 Å². The third-order valence-corrected chi connectivity index (χ3v) is 3.13. The highest BCUT2D eigenvalue weighted by atomic mass is 16.1. The summed E-state index contributed by atoms with van der Waals surface area (Å²) in [5.41, 5.74) is 7.80. The lowest BCUT2D eigenvalue weighted by Gasteiger charge is -2.25. The fraction of sp³-hybridized carbons (Fsp3) is 0.533. The summed E-state index contributed by atoms with van der Waals surface area (Å²) in [7, 11) is 0. The molecular weight excluding hydrogens is 224 g/mol. The van der Waals surface area contributed by atoms with E-state index in [9.17, 15) is 4.79 Å². The molecule has 1 aromatic carbocycles. The standard InChI is InChI=1S/C15H24N2O/c1-12-6-4-5-7-13(12)8-9-14(18)17-15(2,3)10-11-16/h4-7H,8-11,16H2,1-3H3,(H,17,18). The quantitative estimate of drug-likeness (QED) is 0.810. The van der Waals surface area contributed by atoms with Gasteiger partial charge in [0.25, 0.3) is 0 Å². The number of rotatable bonds is 6. The lowest BCUT2D eigenvalue weighted by Crippen LogP contribution is -2.44. The van der Waals surface area contributed by atoms with Crippen molar-refractivity contribution in [3.63, 3.8) is 0 Å². The number of amides is 1. The van der Waals surface area contributed by atoms with Crippen molar-refractivity contribution in [1.29, 1.82) is 0 Å². The zero-order valence-corrected chi connectivity index (χ0v) is 11.6. The van der Waals surface area contributed by atoms with Crippen molar-refractivity contribution in [3.05, 3.63) is 35.4 Å². The zero-order valence-electron chi connectivity index (χ0n) is 11.6. The minimum Gasteiger partial charge on any atom is -0.351 e. The number of nitrogens with one attached hydrogen (secondary N) is 1. The number of aryl methyl sites for hydroxylation is 2. The summed E-state index contributed by atoms with van der Waals surface area (Å²) < 4.78 is 0. The molecule has 1 amide bonds. The van der Waals surface area contributed by atoms with Crippen LogP contribution in [0.3, 0.4) is 0 Å². The topological polar surface area (TPSA) is 55.1 Å². The summed E-state index contributed by atoms with van der Waals surface area (Å²) in [5, 5.41) is 3.03. The third kappa shape index (κ3) is 4.88. The number of benzene rings is 1. The molecule has 3 N–H and O–H groups in total. The molecule has 0 aliphatic carbocycles. The van der Waals surface area contributed by atoms with Crippen LogP contribution in [-0.4, -0.2) is 18.0 Å². The minimum atomic E-state index is -0.211. The fourth-order valence-corrected chi connectivity index (χ4v) is 2.00. The summed E-state index contributed by atoms with van der Waals surface area (Å²) in [5.74, 6) is 0.0942. The Morgan fingerprint density at radius 3 is 2.61 bits per heavy atom. The lowest BCUT2D eigenvalue weighted by atomic mass is 9.99. The van der Waals surface area contributed by atoms with E-state index < -0.39 is 0 Å². The van der Waals surface area contributed by atoms with Crippen LogP contribution in [0.25, 0.3) is 0 Å². The van der Waals surface area contributed by atoms with E-state index in [1.165, 1.54) is 11.1 Å². The number of carbonyl (C=O) groups excluding carboxylic acids is 1. The van der Waals surface area contributed by atoms with Crippen LogP contribution in [0.2, 0.25) is 0 Å². The number of carbonyl (C=O) groups is 1. The van der Waals surface area contributed by atoms with Crippen LogP contribution in [0, 0.1) is 6.92 Å². The highest BCUT2D eigenvalue weighted by molar-refractivity contribution is 5.77. The maximum atomic E-state index is 11.9. The summed E-state index contributed by atoms with van der Waals surface area (Å²) in [6, 6.07) is 8.18. The van der Waals surface area contributed by atoms with Crippen LogP contribution in [0.15, 0.2) is 24.3 Å². The van der Waals surface area contributed by atoms with Crippen LogP contribution < -0.4 is 11.1 Å². The molecule has 0 radical (unpaired) electrons. The van der Waals surface area contributed by atoms with Crippen LogP contribution in [0.5, 0.6) is 0 Å². The van der Waals surface area contributed by atoms with Gasteiger partial charge < -0.3 is 11.1 Å². The van der Waals surface area contributed by atoms with Gasteiger partial charge in [0, 0.05) is 12.0 Å². The number of hydrogen-bond donors (Lipinski definition) is 2. The molecule has 0 aliphatic rings. The van der Waals surface area contributed by atoms with E-state index in [4.69, 9.17) is 5.73 Å². The van der Waals surface area contributed by atoms with E-state index >= 15 is 0 Å². The zero-order chi connectivity index (χ0) is 13.6. The first-order chi connectivity index (χ1) is 8.44. The highest BCUT2D eigenvalue weighted by Crippen LogP contribution is 2.11. The molecule has 3 nitrogen and oxygen atoms in total. The first-order valence-corrected chi connectivity index (χ1v) is 6.50. The molecule has 1 aromatic rings. The second-order valence-electron chi connectivity index (χ2n) is 5.40. The van der Waals surface area contributed by atoms with Gasteiger partial charge >= 0.3 is 0 Å². The maximum absolute atomic E-state index is 11.9. The molecular formula is C15H24N2O.